The van der Waals surface area contributed by atoms with Crippen molar-refractivity contribution < 1.29 is 19.1 Å². The van der Waals surface area contributed by atoms with Crippen molar-refractivity contribution in [2.75, 3.05) is 13.6 Å². The van der Waals surface area contributed by atoms with Crippen LogP contribution in [0.2, 0.25) is 0 Å². The molecule has 0 aromatic carbocycles. The van der Waals surface area contributed by atoms with Crippen LogP contribution in [0.5, 0.6) is 0 Å². The number of nitrogens with zero attached hydrogens (tertiary/aromatic N) is 1. The standard InChI is InChI=1S/C7H12N2O2.C5H10O2.C4H10.CH5N/c1-5(10)9-4-2-3-6(9)7(8)11;1-5(2,3)7-4-6;1-3-4-2;1-2/h6H,2-4H2,1H3,(H2,8,11);4H,1-3H3;3-4H2,1-2H3;2H2,1H3/t6-;;;/m0.../s1. The van der Waals surface area contributed by atoms with E-state index in [4.69, 9.17) is 5.73 Å². The predicted molar refractivity (Wildman–Crippen MR) is 97.2 cm³/mol. The van der Waals surface area contributed by atoms with Gasteiger partial charge in [0.15, 0.2) is 0 Å². The zero-order chi connectivity index (χ0) is 19.8. The first-order valence-corrected chi connectivity index (χ1v) is 8.36. The van der Waals surface area contributed by atoms with Crippen LogP contribution >= 0.6 is 0 Å². The molecule has 24 heavy (non-hydrogen) atoms. The van der Waals surface area contributed by atoms with E-state index in [-0.39, 0.29) is 17.6 Å². The van der Waals surface area contributed by atoms with Gasteiger partial charge < -0.3 is 21.1 Å². The Morgan fingerprint density at radius 2 is 1.67 bits per heavy atom. The van der Waals surface area contributed by atoms with Crippen molar-refractivity contribution in [3.63, 3.8) is 0 Å². The number of nitrogens with two attached hydrogens (primary N) is 2. The first-order valence-electron chi connectivity index (χ1n) is 8.36. The SMILES string of the molecule is CC(=O)N1CCC[C@H]1C(N)=O.CC(C)(C)OC=O.CCCC.CN. The second kappa shape index (κ2) is 16.2. The van der Waals surface area contributed by atoms with Gasteiger partial charge in [-0.3, -0.25) is 14.4 Å². The van der Waals surface area contributed by atoms with Gasteiger partial charge in [0.2, 0.25) is 11.8 Å². The number of ether oxygens (including phenoxy) is 1. The van der Waals surface area contributed by atoms with Gasteiger partial charge in [0.1, 0.15) is 11.6 Å². The Morgan fingerprint density at radius 3 is 1.83 bits per heavy atom. The largest absolute Gasteiger partial charge is 0.462 e. The van der Waals surface area contributed by atoms with E-state index in [1.165, 1.54) is 31.7 Å². The molecule has 0 radical (unpaired) electrons. The highest BCUT2D eigenvalue weighted by atomic mass is 16.5. The van der Waals surface area contributed by atoms with Crippen LogP contribution in [0.25, 0.3) is 0 Å². The van der Waals surface area contributed by atoms with Gasteiger partial charge >= 0.3 is 0 Å². The van der Waals surface area contributed by atoms with Crippen molar-refractivity contribution in [2.45, 2.75) is 78.9 Å². The highest BCUT2D eigenvalue weighted by Gasteiger charge is 2.30. The van der Waals surface area contributed by atoms with Gasteiger partial charge in [0.25, 0.3) is 6.47 Å². The molecule has 0 unspecified atom stereocenters. The number of unbranched alkanes of at least 4 members (excludes halogenated alkanes) is 1. The zero-order valence-corrected chi connectivity index (χ0v) is 16.4. The molecule has 0 spiro atoms. The lowest BCUT2D eigenvalue weighted by Crippen LogP contribution is -2.42. The quantitative estimate of drug-likeness (QED) is 0.755. The highest BCUT2D eigenvalue weighted by Crippen LogP contribution is 2.16. The van der Waals surface area contributed by atoms with Crippen LogP contribution in [0.1, 0.15) is 67.2 Å². The summed E-state index contributed by atoms with van der Waals surface area (Å²) >= 11 is 0. The monoisotopic (exact) mass is 347 g/mol. The van der Waals surface area contributed by atoms with Gasteiger partial charge in [0.05, 0.1) is 0 Å². The van der Waals surface area contributed by atoms with E-state index < -0.39 is 5.91 Å². The smallest absolute Gasteiger partial charge is 0.293 e. The molecule has 144 valence electrons. The zero-order valence-electron chi connectivity index (χ0n) is 16.4. The first-order chi connectivity index (χ1) is 11.1. The fourth-order valence-corrected chi connectivity index (χ4v) is 1.58. The maximum Gasteiger partial charge on any atom is 0.293 e. The second-order valence-electron chi connectivity index (χ2n) is 6.10. The van der Waals surface area contributed by atoms with Crippen LogP contribution in [0, 0.1) is 0 Å². The minimum absolute atomic E-state index is 0.0636. The minimum Gasteiger partial charge on any atom is -0.462 e. The first kappa shape index (κ1) is 27.2. The summed E-state index contributed by atoms with van der Waals surface area (Å²) in [6.07, 6.45) is 4.24. The van der Waals surface area contributed by atoms with E-state index in [1.54, 1.807) is 0 Å². The third kappa shape index (κ3) is 16.7. The highest BCUT2D eigenvalue weighted by molar-refractivity contribution is 5.86. The molecule has 0 aliphatic carbocycles. The number of carbonyl (C=O) groups excluding carboxylic acids is 3. The van der Waals surface area contributed by atoms with Crippen molar-refractivity contribution in [3.8, 4) is 0 Å². The average Bonchev–Trinajstić information content (AvgIpc) is 2.99. The second-order valence-corrected chi connectivity index (χ2v) is 6.10. The molecule has 2 amide bonds. The van der Waals surface area contributed by atoms with Gasteiger partial charge in [-0.2, -0.15) is 0 Å². The van der Waals surface area contributed by atoms with Gasteiger partial charge in [0, 0.05) is 13.5 Å². The normalized spacial score (nSPS) is 15.5. The van der Waals surface area contributed by atoms with Crippen molar-refractivity contribution >= 4 is 18.3 Å². The lowest BCUT2D eigenvalue weighted by atomic mass is 10.2. The Balaban J connectivity index is -0.000000293. The van der Waals surface area contributed by atoms with E-state index in [9.17, 15) is 14.4 Å². The van der Waals surface area contributed by atoms with E-state index in [2.05, 4.69) is 24.3 Å². The molecule has 1 rings (SSSR count). The summed E-state index contributed by atoms with van der Waals surface area (Å²) in [4.78, 5) is 32.8. The molecule has 4 N–H and O–H groups in total. The Morgan fingerprint density at radius 1 is 1.21 bits per heavy atom. The molecule has 0 saturated carbocycles. The number of primary amides is 1. The summed E-state index contributed by atoms with van der Waals surface area (Å²) in [5.41, 5.74) is 9.28. The van der Waals surface area contributed by atoms with Crippen molar-refractivity contribution in [1.82, 2.24) is 4.90 Å². The summed E-state index contributed by atoms with van der Waals surface area (Å²) in [7, 11) is 1.50. The minimum atomic E-state index is -0.391. The Kier molecular flexibility index (Phi) is 18.4. The number of hydrogen-bond donors (Lipinski definition) is 2. The molecule has 1 heterocycles. The van der Waals surface area contributed by atoms with Crippen LogP contribution in [0.4, 0.5) is 0 Å². The number of likely N-dealkylation sites (tertiary alicyclic amines) is 1. The van der Waals surface area contributed by atoms with E-state index >= 15 is 0 Å². The lowest BCUT2D eigenvalue weighted by Gasteiger charge is -2.19. The number of hydrogen-bond acceptors (Lipinski definition) is 5. The molecule has 0 aromatic heterocycles. The molecule has 0 aromatic rings. The Hall–Kier alpha value is -1.63. The third-order valence-corrected chi connectivity index (χ3v) is 2.89. The molecule has 1 aliphatic rings. The lowest BCUT2D eigenvalue weighted by molar-refractivity contribution is -0.138. The Bertz CT molecular complexity index is 319. The fraction of sp³-hybridized carbons (Fsp3) is 0.824. The van der Waals surface area contributed by atoms with Crippen LogP contribution < -0.4 is 11.5 Å². The topological polar surface area (TPSA) is 116 Å². The number of amides is 2. The van der Waals surface area contributed by atoms with Gasteiger partial charge in [-0.05, 0) is 40.7 Å². The van der Waals surface area contributed by atoms with E-state index in [0.717, 1.165) is 12.8 Å². The summed E-state index contributed by atoms with van der Waals surface area (Å²) < 4.78 is 4.55. The summed E-state index contributed by atoms with van der Waals surface area (Å²) in [5.74, 6) is -0.455. The third-order valence-electron chi connectivity index (χ3n) is 2.89. The van der Waals surface area contributed by atoms with Crippen molar-refractivity contribution in [1.29, 1.82) is 0 Å². The van der Waals surface area contributed by atoms with Crippen LogP contribution in [-0.4, -0.2) is 48.4 Å². The Labute approximate surface area is 147 Å². The van der Waals surface area contributed by atoms with Crippen molar-refractivity contribution in [2.24, 2.45) is 11.5 Å². The molecule has 7 nitrogen and oxygen atoms in total. The van der Waals surface area contributed by atoms with Crippen LogP contribution in [-0.2, 0) is 19.1 Å². The summed E-state index contributed by atoms with van der Waals surface area (Å²) in [5, 5.41) is 0. The van der Waals surface area contributed by atoms with Crippen LogP contribution in [0.3, 0.4) is 0 Å². The molecule has 1 fully saturated rings. The summed E-state index contributed by atoms with van der Waals surface area (Å²) in [6, 6.07) is -0.354. The van der Waals surface area contributed by atoms with E-state index in [0.29, 0.717) is 13.0 Å². The van der Waals surface area contributed by atoms with E-state index in [1.807, 2.05) is 20.8 Å². The fourth-order valence-electron chi connectivity index (χ4n) is 1.58. The molecule has 1 atom stereocenters. The molecule has 0 bridgehead atoms. The maximum atomic E-state index is 10.9. The molecule has 1 saturated heterocycles. The predicted octanol–water partition coefficient (Wildman–Crippen LogP) is 1.82. The number of carbonyl (C=O) groups is 3. The number of rotatable bonds is 3. The molecular weight excluding hydrogens is 310 g/mol. The van der Waals surface area contributed by atoms with Crippen LogP contribution in [0.15, 0.2) is 0 Å². The summed E-state index contributed by atoms with van der Waals surface area (Å²) in [6.45, 7) is 12.4. The molecule has 1 aliphatic heterocycles. The maximum absolute atomic E-state index is 10.9. The average molecular weight is 348 g/mol. The van der Waals surface area contributed by atoms with Crippen molar-refractivity contribution in [3.05, 3.63) is 0 Å². The van der Waals surface area contributed by atoms with Gasteiger partial charge in [-0.1, -0.05) is 26.7 Å². The van der Waals surface area contributed by atoms with Gasteiger partial charge in [-0.15, -0.1) is 0 Å². The molecule has 7 heteroatoms. The molecular formula is C17H37N3O4. The van der Waals surface area contributed by atoms with Gasteiger partial charge in [-0.25, -0.2) is 0 Å².